The summed E-state index contributed by atoms with van der Waals surface area (Å²) in [6.07, 6.45) is 7.09. The summed E-state index contributed by atoms with van der Waals surface area (Å²) in [7, 11) is 1.60. The molecule has 6 heteroatoms. The molecule has 0 aliphatic carbocycles. The van der Waals surface area contributed by atoms with Gasteiger partial charge in [-0.25, -0.2) is 15.0 Å². The number of hydrogen-bond acceptors (Lipinski definition) is 5. The lowest BCUT2D eigenvalue weighted by Gasteiger charge is -2.09. The van der Waals surface area contributed by atoms with Crippen LogP contribution >= 0.6 is 0 Å². The van der Waals surface area contributed by atoms with E-state index in [1.807, 2.05) is 35.0 Å². The number of anilines is 1. The fraction of sp³-hybridized carbons (Fsp3) is 0.133. The van der Waals surface area contributed by atoms with E-state index in [-0.39, 0.29) is 0 Å². The van der Waals surface area contributed by atoms with Gasteiger partial charge in [0.25, 0.3) is 0 Å². The average Bonchev–Trinajstić information content (AvgIpc) is 2.96. The van der Waals surface area contributed by atoms with Crippen molar-refractivity contribution in [2.75, 3.05) is 12.8 Å². The van der Waals surface area contributed by atoms with E-state index in [9.17, 15) is 0 Å². The molecular weight excluding hydrogens is 266 g/mol. The van der Waals surface area contributed by atoms with Gasteiger partial charge in [-0.3, -0.25) is 0 Å². The maximum atomic E-state index is 5.73. The van der Waals surface area contributed by atoms with Crippen molar-refractivity contribution < 1.29 is 4.74 Å². The standard InChI is InChI=1S/C15H15N5O/c1-21-15-3-2-11(7-19-15)9-20-10-17-8-13(20)12-4-5-18-14(16)6-12/h2-8,10H,9H2,1H3,(H2,16,18). The van der Waals surface area contributed by atoms with Gasteiger partial charge in [-0.1, -0.05) is 6.07 Å². The van der Waals surface area contributed by atoms with Gasteiger partial charge in [0.2, 0.25) is 5.88 Å². The Balaban J connectivity index is 1.88. The molecule has 0 saturated carbocycles. The van der Waals surface area contributed by atoms with Crippen LogP contribution in [-0.4, -0.2) is 26.6 Å². The number of rotatable bonds is 4. The van der Waals surface area contributed by atoms with E-state index in [2.05, 4.69) is 15.0 Å². The van der Waals surface area contributed by atoms with Crippen molar-refractivity contribution in [2.45, 2.75) is 6.54 Å². The quantitative estimate of drug-likeness (QED) is 0.791. The molecule has 3 heterocycles. The molecule has 0 spiro atoms. The first-order chi connectivity index (χ1) is 10.3. The lowest BCUT2D eigenvalue weighted by Crippen LogP contribution is -2.01. The molecule has 3 aromatic heterocycles. The summed E-state index contributed by atoms with van der Waals surface area (Å²) in [5.41, 5.74) is 8.77. The molecule has 0 saturated heterocycles. The first-order valence-corrected chi connectivity index (χ1v) is 6.47. The molecule has 3 rings (SSSR count). The van der Waals surface area contributed by atoms with Crippen molar-refractivity contribution in [1.29, 1.82) is 0 Å². The molecule has 3 aromatic rings. The fourth-order valence-electron chi connectivity index (χ4n) is 2.12. The zero-order chi connectivity index (χ0) is 14.7. The van der Waals surface area contributed by atoms with Gasteiger partial charge in [-0.2, -0.15) is 0 Å². The van der Waals surface area contributed by atoms with Crippen LogP contribution in [0, 0.1) is 0 Å². The summed E-state index contributed by atoms with van der Waals surface area (Å²) < 4.78 is 7.10. The Morgan fingerprint density at radius 1 is 1.19 bits per heavy atom. The van der Waals surface area contributed by atoms with Gasteiger partial charge in [0.15, 0.2) is 0 Å². The molecule has 0 unspecified atom stereocenters. The van der Waals surface area contributed by atoms with Gasteiger partial charge in [-0.05, 0) is 17.7 Å². The Kier molecular flexibility index (Phi) is 3.51. The van der Waals surface area contributed by atoms with Crippen LogP contribution in [0.2, 0.25) is 0 Å². The van der Waals surface area contributed by atoms with Crippen molar-refractivity contribution in [2.24, 2.45) is 0 Å². The minimum absolute atomic E-state index is 0.492. The monoisotopic (exact) mass is 281 g/mol. The van der Waals surface area contributed by atoms with Crippen LogP contribution in [0.5, 0.6) is 5.88 Å². The summed E-state index contributed by atoms with van der Waals surface area (Å²) in [4.78, 5) is 12.4. The number of nitrogens with zero attached hydrogens (tertiary/aromatic N) is 4. The molecule has 0 amide bonds. The van der Waals surface area contributed by atoms with Crippen LogP contribution in [0.25, 0.3) is 11.3 Å². The van der Waals surface area contributed by atoms with Crippen LogP contribution in [0.4, 0.5) is 5.82 Å². The molecule has 0 aliphatic heterocycles. The van der Waals surface area contributed by atoms with Crippen LogP contribution in [0.15, 0.2) is 49.2 Å². The zero-order valence-electron chi connectivity index (χ0n) is 11.6. The smallest absolute Gasteiger partial charge is 0.212 e. The van der Waals surface area contributed by atoms with E-state index in [0.29, 0.717) is 18.2 Å². The minimum Gasteiger partial charge on any atom is -0.481 e. The number of pyridine rings is 2. The van der Waals surface area contributed by atoms with Gasteiger partial charge < -0.3 is 15.0 Å². The average molecular weight is 281 g/mol. The highest BCUT2D eigenvalue weighted by Crippen LogP contribution is 2.21. The highest BCUT2D eigenvalue weighted by molar-refractivity contribution is 5.61. The normalized spacial score (nSPS) is 10.5. The third-order valence-corrected chi connectivity index (χ3v) is 3.15. The molecule has 0 aromatic carbocycles. The van der Waals surface area contributed by atoms with Gasteiger partial charge >= 0.3 is 0 Å². The molecular formula is C15H15N5O. The lowest BCUT2D eigenvalue weighted by atomic mass is 10.2. The van der Waals surface area contributed by atoms with E-state index in [4.69, 9.17) is 10.5 Å². The molecule has 0 radical (unpaired) electrons. The topological polar surface area (TPSA) is 78.8 Å². The summed E-state index contributed by atoms with van der Waals surface area (Å²) in [5, 5.41) is 0. The predicted octanol–water partition coefficient (Wildman–Crippen LogP) is 1.98. The van der Waals surface area contributed by atoms with Gasteiger partial charge in [-0.15, -0.1) is 0 Å². The molecule has 106 valence electrons. The summed E-state index contributed by atoms with van der Waals surface area (Å²) >= 11 is 0. The zero-order valence-corrected chi connectivity index (χ0v) is 11.6. The van der Waals surface area contributed by atoms with Crippen LogP contribution in [-0.2, 0) is 6.54 Å². The molecule has 0 aliphatic rings. The van der Waals surface area contributed by atoms with Gasteiger partial charge in [0.05, 0.1) is 31.9 Å². The van der Waals surface area contributed by atoms with E-state index in [1.165, 1.54) is 0 Å². The summed E-state index contributed by atoms with van der Waals surface area (Å²) in [5.74, 6) is 1.10. The Morgan fingerprint density at radius 2 is 2.10 bits per heavy atom. The second-order valence-electron chi connectivity index (χ2n) is 4.58. The second-order valence-corrected chi connectivity index (χ2v) is 4.58. The van der Waals surface area contributed by atoms with Crippen LogP contribution in [0.3, 0.4) is 0 Å². The molecule has 2 N–H and O–H groups in total. The van der Waals surface area contributed by atoms with Crippen molar-refractivity contribution in [3.63, 3.8) is 0 Å². The predicted molar refractivity (Wildman–Crippen MR) is 79.8 cm³/mol. The third kappa shape index (κ3) is 2.84. The Morgan fingerprint density at radius 3 is 2.81 bits per heavy atom. The number of aromatic nitrogens is 4. The van der Waals surface area contributed by atoms with Crippen molar-refractivity contribution in [3.8, 4) is 17.1 Å². The number of ether oxygens (including phenoxy) is 1. The first-order valence-electron chi connectivity index (χ1n) is 6.47. The van der Waals surface area contributed by atoms with E-state index in [0.717, 1.165) is 16.8 Å². The molecule has 21 heavy (non-hydrogen) atoms. The Labute approximate surface area is 122 Å². The number of imidazole rings is 1. The Hall–Kier alpha value is -2.89. The van der Waals surface area contributed by atoms with Gasteiger partial charge in [0.1, 0.15) is 5.82 Å². The number of nitrogen functional groups attached to an aromatic ring is 1. The van der Waals surface area contributed by atoms with E-state index in [1.54, 1.807) is 25.8 Å². The van der Waals surface area contributed by atoms with Crippen molar-refractivity contribution in [3.05, 3.63) is 54.7 Å². The highest BCUT2D eigenvalue weighted by Gasteiger charge is 2.07. The first kappa shape index (κ1) is 13.1. The maximum absolute atomic E-state index is 5.73. The van der Waals surface area contributed by atoms with Crippen LogP contribution < -0.4 is 10.5 Å². The summed E-state index contributed by atoms with van der Waals surface area (Å²) in [6, 6.07) is 7.57. The maximum Gasteiger partial charge on any atom is 0.212 e. The SMILES string of the molecule is COc1ccc(Cn2cncc2-c2ccnc(N)c2)cn1. The van der Waals surface area contributed by atoms with E-state index < -0.39 is 0 Å². The molecule has 6 nitrogen and oxygen atoms in total. The largest absolute Gasteiger partial charge is 0.481 e. The number of nitrogens with two attached hydrogens (primary N) is 1. The third-order valence-electron chi connectivity index (χ3n) is 3.15. The van der Waals surface area contributed by atoms with Crippen LogP contribution in [0.1, 0.15) is 5.56 Å². The van der Waals surface area contributed by atoms with E-state index >= 15 is 0 Å². The van der Waals surface area contributed by atoms with Crippen molar-refractivity contribution >= 4 is 5.82 Å². The minimum atomic E-state index is 0.492. The van der Waals surface area contributed by atoms with Crippen molar-refractivity contribution in [1.82, 2.24) is 19.5 Å². The summed E-state index contributed by atoms with van der Waals surface area (Å²) in [6.45, 7) is 0.675. The Bertz CT molecular complexity index is 736. The second kappa shape index (κ2) is 5.62. The molecule has 0 atom stereocenters. The molecule has 0 bridgehead atoms. The number of hydrogen-bond donors (Lipinski definition) is 1. The lowest BCUT2D eigenvalue weighted by molar-refractivity contribution is 0.397. The molecule has 0 fully saturated rings. The van der Waals surface area contributed by atoms with Gasteiger partial charge in [0, 0.05) is 24.0 Å². The number of methoxy groups -OCH3 is 1. The highest BCUT2D eigenvalue weighted by atomic mass is 16.5. The fourth-order valence-corrected chi connectivity index (χ4v) is 2.12.